The molecule has 0 aromatic carbocycles. The van der Waals surface area contributed by atoms with Crippen molar-refractivity contribution in [2.45, 2.75) is 26.4 Å². The number of ether oxygens (including phenoxy) is 1. The number of piperazine rings is 1. The number of aromatic nitrogens is 1. The Morgan fingerprint density at radius 3 is 2.57 bits per heavy atom. The molecule has 2 heterocycles. The maximum Gasteiger partial charge on any atom is 0.241 e. The van der Waals surface area contributed by atoms with Gasteiger partial charge in [0.2, 0.25) is 5.91 Å². The number of rotatable bonds is 5. The molecule has 0 radical (unpaired) electrons. The van der Waals surface area contributed by atoms with Gasteiger partial charge in [-0.2, -0.15) is 0 Å². The normalized spacial score (nSPS) is 18.0. The average Bonchev–Trinajstić information content (AvgIpc) is 2.79. The molecule has 2 N–H and O–H groups in total. The smallest absolute Gasteiger partial charge is 0.241 e. The lowest BCUT2D eigenvalue weighted by Gasteiger charge is -2.35. The van der Waals surface area contributed by atoms with Crippen molar-refractivity contribution < 1.29 is 14.1 Å². The van der Waals surface area contributed by atoms with Crippen LogP contribution >= 0.6 is 0 Å². The van der Waals surface area contributed by atoms with Crippen LogP contribution in [0.25, 0.3) is 0 Å². The van der Waals surface area contributed by atoms with E-state index in [0.29, 0.717) is 13.1 Å². The number of nitrogens with zero attached hydrogens (tertiary/aromatic N) is 3. The Morgan fingerprint density at radius 1 is 1.38 bits per heavy atom. The molecule has 1 amide bonds. The van der Waals surface area contributed by atoms with Gasteiger partial charge in [-0.05, 0) is 13.8 Å². The van der Waals surface area contributed by atoms with Gasteiger partial charge in [0, 0.05) is 45.4 Å². The monoisotopic (exact) mass is 296 g/mol. The molecule has 7 nitrogen and oxygen atoms in total. The van der Waals surface area contributed by atoms with E-state index in [2.05, 4.69) is 10.1 Å². The predicted octanol–water partition coefficient (Wildman–Crippen LogP) is -0.0907. The van der Waals surface area contributed by atoms with Crippen LogP contribution < -0.4 is 5.73 Å². The van der Waals surface area contributed by atoms with E-state index in [4.69, 9.17) is 15.0 Å². The number of hydrogen-bond acceptors (Lipinski definition) is 6. The average molecular weight is 296 g/mol. The van der Waals surface area contributed by atoms with E-state index in [1.807, 2.05) is 18.7 Å². The van der Waals surface area contributed by atoms with E-state index in [1.54, 1.807) is 7.11 Å². The fourth-order valence-electron chi connectivity index (χ4n) is 2.56. The topological polar surface area (TPSA) is 84.8 Å². The van der Waals surface area contributed by atoms with Gasteiger partial charge in [0.15, 0.2) is 0 Å². The molecule has 1 fully saturated rings. The maximum absolute atomic E-state index is 12.1. The van der Waals surface area contributed by atoms with E-state index in [0.717, 1.165) is 36.7 Å². The van der Waals surface area contributed by atoms with Crippen LogP contribution in [0.15, 0.2) is 4.52 Å². The third kappa shape index (κ3) is 3.81. The van der Waals surface area contributed by atoms with E-state index < -0.39 is 6.04 Å². The van der Waals surface area contributed by atoms with Gasteiger partial charge in [-0.15, -0.1) is 0 Å². The van der Waals surface area contributed by atoms with E-state index in [9.17, 15) is 4.79 Å². The summed E-state index contributed by atoms with van der Waals surface area (Å²) in [7, 11) is 1.55. The molecule has 1 aromatic heterocycles. The van der Waals surface area contributed by atoms with Crippen molar-refractivity contribution in [3.63, 3.8) is 0 Å². The maximum atomic E-state index is 12.1. The first kappa shape index (κ1) is 15.9. The summed E-state index contributed by atoms with van der Waals surface area (Å²) in [6.07, 6.45) is 0. The zero-order valence-electron chi connectivity index (χ0n) is 13.0. The van der Waals surface area contributed by atoms with Crippen molar-refractivity contribution >= 4 is 5.91 Å². The largest absolute Gasteiger partial charge is 0.383 e. The van der Waals surface area contributed by atoms with Crippen LogP contribution in [0.3, 0.4) is 0 Å². The summed E-state index contributed by atoms with van der Waals surface area (Å²) in [4.78, 5) is 16.2. The first-order valence-corrected chi connectivity index (χ1v) is 7.20. The molecule has 21 heavy (non-hydrogen) atoms. The van der Waals surface area contributed by atoms with Crippen LogP contribution in [0.5, 0.6) is 0 Å². The second kappa shape index (κ2) is 7.02. The summed E-state index contributed by atoms with van der Waals surface area (Å²) in [5, 5.41) is 3.97. The molecule has 0 bridgehead atoms. The predicted molar refractivity (Wildman–Crippen MR) is 77.7 cm³/mol. The number of aryl methyl sites for hydroxylation is 2. The first-order valence-electron chi connectivity index (χ1n) is 7.20. The van der Waals surface area contributed by atoms with Crippen molar-refractivity contribution in [1.82, 2.24) is 15.0 Å². The molecule has 2 rings (SSSR count). The lowest BCUT2D eigenvalue weighted by Crippen LogP contribution is -2.53. The lowest BCUT2D eigenvalue weighted by molar-refractivity contribution is -0.135. The summed E-state index contributed by atoms with van der Waals surface area (Å²) in [6, 6.07) is -0.566. The Morgan fingerprint density at radius 2 is 2.05 bits per heavy atom. The van der Waals surface area contributed by atoms with Crippen LogP contribution in [-0.2, 0) is 16.1 Å². The van der Waals surface area contributed by atoms with Gasteiger partial charge >= 0.3 is 0 Å². The number of carbonyl (C=O) groups is 1. The van der Waals surface area contributed by atoms with Crippen molar-refractivity contribution in [3.05, 3.63) is 17.0 Å². The van der Waals surface area contributed by atoms with Crippen LogP contribution in [0, 0.1) is 13.8 Å². The molecule has 0 saturated carbocycles. The first-order chi connectivity index (χ1) is 10.0. The molecule has 0 aliphatic carbocycles. The van der Waals surface area contributed by atoms with Crippen LogP contribution in [-0.4, -0.2) is 66.8 Å². The highest BCUT2D eigenvalue weighted by Crippen LogP contribution is 2.16. The molecule has 1 saturated heterocycles. The molecule has 1 aliphatic heterocycles. The Hall–Kier alpha value is -1.44. The molecule has 7 heteroatoms. The Bertz CT molecular complexity index is 461. The molecule has 1 aromatic rings. The molecule has 118 valence electrons. The minimum absolute atomic E-state index is 0.0335. The highest BCUT2D eigenvalue weighted by molar-refractivity contribution is 5.81. The van der Waals surface area contributed by atoms with Gasteiger partial charge in [0.25, 0.3) is 0 Å². The second-order valence-electron chi connectivity index (χ2n) is 5.47. The molecule has 0 spiro atoms. The van der Waals surface area contributed by atoms with Crippen LogP contribution in [0.1, 0.15) is 17.0 Å². The summed E-state index contributed by atoms with van der Waals surface area (Å²) in [6.45, 7) is 8.00. The second-order valence-corrected chi connectivity index (χ2v) is 5.47. The highest BCUT2D eigenvalue weighted by atomic mass is 16.5. The summed E-state index contributed by atoms with van der Waals surface area (Å²) in [5.74, 6) is 0.835. The van der Waals surface area contributed by atoms with Gasteiger partial charge in [0.1, 0.15) is 11.8 Å². The number of hydrogen-bond donors (Lipinski definition) is 1. The zero-order chi connectivity index (χ0) is 15.4. The van der Waals surface area contributed by atoms with Crippen molar-refractivity contribution in [2.75, 3.05) is 39.9 Å². The fourth-order valence-corrected chi connectivity index (χ4v) is 2.56. The van der Waals surface area contributed by atoms with Gasteiger partial charge in [-0.3, -0.25) is 9.69 Å². The van der Waals surface area contributed by atoms with Crippen LogP contribution in [0.2, 0.25) is 0 Å². The van der Waals surface area contributed by atoms with E-state index in [1.165, 1.54) is 0 Å². The number of methoxy groups -OCH3 is 1. The molecule has 1 atom stereocenters. The fraction of sp³-hybridized carbons (Fsp3) is 0.714. The number of amides is 1. The molecule has 1 aliphatic rings. The molecular formula is C14H24N4O3. The van der Waals surface area contributed by atoms with Gasteiger partial charge in [-0.25, -0.2) is 0 Å². The summed E-state index contributed by atoms with van der Waals surface area (Å²) in [5.41, 5.74) is 7.87. The Kier molecular flexibility index (Phi) is 5.33. The number of nitrogens with two attached hydrogens (primary N) is 1. The highest BCUT2D eigenvalue weighted by Gasteiger charge is 2.26. The molecular weight excluding hydrogens is 272 g/mol. The van der Waals surface area contributed by atoms with Crippen molar-refractivity contribution in [2.24, 2.45) is 5.73 Å². The third-order valence-electron chi connectivity index (χ3n) is 3.91. The minimum Gasteiger partial charge on any atom is -0.383 e. The molecule has 1 unspecified atom stereocenters. The van der Waals surface area contributed by atoms with Gasteiger partial charge < -0.3 is 19.9 Å². The quantitative estimate of drug-likeness (QED) is 0.817. The Balaban J connectivity index is 1.85. The van der Waals surface area contributed by atoms with Crippen LogP contribution in [0.4, 0.5) is 0 Å². The third-order valence-corrected chi connectivity index (χ3v) is 3.91. The van der Waals surface area contributed by atoms with E-state index >= 15 is 0 Å². The van der Waals surface area contributed by atoms with Gasteiger partial charge in [0.05, 0.1) is 12.3 Å². The standard InChI is InChI=1S/C14H24N4O3/c1-10-12(11(2)21-16-10)8-17-4-6-18(7-5-17)14(19)13(15)9-20-3/h13H,4-9,15H2,1-3H3. The van der Waals surface area contributed by atoms with Crippen molar-refractivity contribution in [3.8, 4) is 0 Å². The van der Waals surface area contributed by atoms with Crippen molar-refractivity contribution in [1.29, 1.82) is 0 Å². The Labute approximate surface area is 125 Å². The zero-order valence-corrected chi connectivity index (χ0v) is 13.0. The SMILES string of the molecule is COCC(N)C(=O)N1CCN(Cc2c(C)noc2C)CC1. The minimum atomic E-state index is -0.566. The van der Waals surface area contributed by atoms with Gasteiger partial charge in [-0.1, -0.05) is 5.16 Å². The summed E-state index contributed by atoms with van der Waals surface area (Å²) >= 11 is 0. The summed E-state index contributed by atoms with van der Waals surface area (Å²) < 4.78 is 10.1. The van der Waals surface area contributed by atoms with E-state index in [-0.39, 0.29) is 12.5 Å². The number of carbonyl (C=O) groups excluding carboxylic acids is 1. The lowest BCUT2D eigenvalue weighted by atomic mass is 10.1.